The summed E-state index contributed by atoms with van der Waals surface area (Å²) in [6.45, 7) is 0. The maximum absolute atomic E-state index is 13.2. The van der Waals surface area contributed by atoms with E-state index in [0.29, 0.717) is 33.7 Å². The van der Waals surface area contributed by atoms with E-state index in [1.54, 1.807) is 48.0 Å². The van der Waals surface area contributed by atoms with Crippen LogP contribution in [0.25, 0.3) is 22.3 Å². The molecule has 0 saturated carbocycles. The predicted octanol–water partition coefficient (Wildman–Crippen LogP) is 4.63. The molecule has 0 aliphatic carbocycles. The van der Waals surface area contributed by atoms with E-state index in [2.05, 4.69) is 36.0 Å². The highest BCUT2D eigenvalue weighted by Gasteiger charge is 2.31. The number of amides is 2. The van der Waals surface area contributed by atoms with Crippen LogP contribution in [0, 0.1) is 11.3 Å². The summed E-state index contributed by atoms with van der Waals surface area (Å²) in [5.74, 6) is -1.22. The van der Waals surface area contributed by atoms with Crippen molar-refractivity contribution in [1.82, 2.24) is 25.2 Å². The SMILES string of the molecule is Cn1c(C(=O)Nc2ccc(C#N)cc2-c2nn[nH]n2)cc2ccc(NC(=O)c3ccc(OC(F)(F)F)cc3)cc21. The van der Waals surface area contributed by atoms with Gasteiger partial charge in [0.1, 0.15) is 11.4 Å². The van der Waals surface area contributed by atoms with E-state index in [1.165, 1.54) is 18.2 Å². The Morgan fingerprint density at radius 3 is 2.45 bits per heavy atom. The molecule has 40 heavy (non-hydrogen) atoms. The highest BCUT2D eigenvalue weighted by Crippen LogP contribution is 2.28. The molecule has 0 atom stereocenters. The van der Waals surface area contributed by atoms with Crippen LogP contribution in [0.5, 0.6) is 5.75 Å². The van der Waals surface area contributed by atoms with Gasteiger partial charge >= 0.3 is 6.36 Å². The number of rotatable bonds is 6. The third-order valence-electron chi connectivity index (χ3n) is 5.87. The minimum Gasteiger partial charge on any atom is -0.406 e. The lowest BCUT2D eigenvalue weighted by Crippen LogP contribution is -2.17. The van der Waals surface area contributed by atoms with E-state index in [4.69, 9.17) is 0 Å². The molecule has 0 saturated heterocycles. The third-order valence-corrected chi connectivity index (χ3v) is 5.87. The van der Waals surface area contributed by atoms with Crippen LogP contribution in [0.1, 0.15) is 26.4 Å². The summed E-state index contributed by atoms with van der Waals surface area (Å²) < 4.78 is 42.6. The Labute approximate surface area is 223 Å². The van der Waals surface area contributed by atoms with Gasteiger partial charge in [0.25, 0.3) is 11.8 Å². The van der Waals surface area contributed by atoms with Gasteiger partial charge in [0, 0.05) is 29.2 Å². The fraction of sp³-hybridized carbons (Fsp3) is 0.0769. The van der Waals surface area contributed by atoms with Crippen LogP contribution in [0.4, 0.5) is 24.5 Å². The molecule has 0 unspecified atom stereocenters. The number of alkyl halides is 3. The van der Waals surface area contributed by atoms with Crippen LogP contribution in [0.3, 0.4) is 0 Å². The standard InChI is InChI=1S/C26H17F3N8O3/c1-37-21-12-17(31-24(38)15-4-7-18(8-5-15)40-26(27,28)29)6-3-16(21)11-22(37)25(39)32-20-9-2-14(13-30)10-19(20)23-33-35-36-34-23/h2-12H,1H3,(H,31,38)(H,32,39)(H,33,34,35,36). The fourth-order valence-corrected chi connectivity index (χ4v) is 4.01. The lowest BCUT2D eigenvalue weighted by Gasteiger charge is -2.11. The molecule has 0 bridgehead atoms. The Bertz CT molecular complexity index is 1770. The van der Waals surface area contributed by atoms with Gasteiger partial charge in [0.15, 0.2) is 0 Å². The number of aromatic nitrogens is 5. The highest BCUT2D eigenvalue weighted by atomic mass is 19.4. The zero-order valence-electron chi connectivity index (χ0n) is 20.4. The smallest absolute Gasteiger partial charge is 0.406 e. The summed E-state index contributed by atoms with van der Waals surface area (Å²) in [6.07, 6.45) is -4.83. The normalized spacial score (nSPS) is 11.2. The molecule has 200 valence electrons. The van der Waals surface area contributed by atoms with Crippen molar-refractivity contribution in [3.63, 3.8) is 0 Å². The van der Waals surface area contributed by atoms with Crippen molar-refractivity contribution in [2.24, 2.45) is 7.05 Å². The summed E-state index contributed by atoms with van der Waals surface area (Å²) in [6, 6.07) is 17.9. The number of hydrogen-bond acceptors (Lipinski definition) is 7. The first-order valence-corrected chi connectivity index (χ1v) is 11.5. The summed E-state index contributed by atoms with van der Waals surface area (Å²) in [5.41, 5.74) is 2.60. The number of aromatic amines is 1. The van der Waals surface area contributed by atoms with Gasteiger partial charge in [-0.1, -0.05) is 6.07 Å². The molecule has 0 aliphatic heterocycles. The van der Waals surface area contributed by atoms with Crippen molar-refractivity contribution >= 4 is 34.1 Å². The molecule has 0 spiro atoms. The molecule has 14 heteroatoms. The lowest BCUT2D eigenvalue weighted by molar-refractivity contribution is -0.274. The van der Waals surface area contributed by atoms with E-state index in [0.717, 1.165) is 17.5 Å². The number of anilines is 2. The van der Waals surface area contributed by atoms with Crippen molar-refractivity contribution in [3.8, 4) is 23.2 Å². The first kappa shape index (κ1) is 25.9. The summed E-state index contributed by atoms with van der Waals surface area (Å²) in [4.78, 5) is 25.9. The number of carbonyl (C=O) groups is 2. The van der Waals surface area contributed by atoms with Gasteiger partial charge in [-0.25, -0.2) is 0 Å². The third kappa shape index (κ3) is 5.43. The number of aryl methyl sites for hydroxylation is 1. The lowest BCUT2D eigenvalue weighted by atomic mass is 10.1. The van der Waals surface area contributed by atoms with Gasteiger partial charge in [-0.2, -0.15) is 10.5 Å². The van der Waals surface area contributed by atoms with Crippen molar-refractivity contribution in [2.75, 3.05) is 10.6 Å². The predicted molar refractivity (Wildman–Crippen MR) is 136 cm³/mol. The Hall–Kier alpha value is -5.71. The second-order valence-electron chi connectivity index (χ2n) is 8.45. The van der Waals surface area contributed by atoms with Crippen LogP contribution < -0.4 is 15.4 Å². The number of carbonyl (C=O) groups excluding carboxylic acids is 2. The van der Waals surface area contributed by atoms with Crippen LogP contribution in [-0.4, -0.2) is 43.4 Å². The van der Waals surface area contributed by atoms with Crippen molar-refractivity contribution in [1.29, 1.82) is 5.26 Å². The molecule has 2 aromatic heterocycles. The molecule has 5 aromatic rings. The van der Waals surface area contributed by atoms with Crippen molar-refractivity contribution < 1.29 is 27.5 Å². The summed E-state index contributed by atoms with van der Waals surface area (Å²) in [7, 11) is 1.68. The van der Waals surface area contributed by atoms with E-state index >= 15 is 0 Å². The Balaban J connectivity index is 1.35. The van der Waals surface area contributed by atoms with Gasteiger partial charge in [-0.05, 0) is 65.9 Å². The van der Waals surface area contributed by atoms with Crippen molar-refractivity contribution in [2.45, 2.75) is 6.36 Å². The Kier molecular flexibility index (Phi) is 6.62. The molecule has 0 fully saturated rings. The average molecular weight is 546 g/mol. The number of hydrogen-bond donors (Lipinski definition) is 3. The number of ether oxygens (including phenoxy) is 1. The summed E-state index contributed by atoms with van der Waals surface area (Å²) >= 11 is 0. The van der Waals surface area contributed by atoms with Gasteiger partial charge in [-0.15, -0.1) is 23.4 Å². The summed E-state index contributed by atoms with van der Waals surface area (Å²) in [5, 5.41) is 29.2. The average Bonchev–Trinajstić information content (AvgIpc) is 3.57. The number of tetrazole rings is 1. The maximum Gasteiger partial charge on any atom is 0.573 e. The number of nitrogens with zero attached hydrogens (tertiary/aromatic N) is 5. The molecule has 3 aromatic carbocycles. The number of H-pyrrole nitrogens is 1. The zero-order valence-corrected chi connectivity index (χ0v) is 20.4. The minimum absolute atomic E-state index is 0.126. The quantitative estimate of drug-likeness (QED) is 0.281. The van der Waals surface area contributed by atoms with Gasteiger partial charge in [0.05, 0.1) is 22.8 Å². The van der Waals surface area contributed by atoms with Crippen LogP contribution in [0.2, 0.25) is 0 Å². The van der Waals surface area contributed by atoms with E-state index in [1.807, 2.05) is 6.07 Å². The molecular formula is C26H17F3N8O3. The highest BCUT2D eigenvalue weighted by molar-refractivity contribution is 6.09. The van der Waals surface area contributed by atoms with Gasteiger partial charge in [0.2, 0.25) is 5.82 Å². The Morgan fingerprint density at radius 2 is 1.77 bits per heavy atom. The maximum atomic E-state index is 13.2. The molecule has 5 rings (SSSR count). The van der Waals surface area contributed by atoms with Crippen LogP contribution in [-0.2, 0) is 7.05 Å². The number of nitrogens with one attached hydrogen (secondary N) is 3. The topological polar surface area (TPSA) is 151 Å². The molecule has 0 radical (unpaired) electrons. The largest absolute Gasteiger partial charge is 0.573 e. The van der Waals surface area contributed by atoms with E-state index < -0.39 is 23.9 Å². The number of halogens is 3. The molecule has 2 amide bonds. The van der Waals surface area contributed by atoms with Crippen LogP contribution in [0.15, 0.2) is 66.7 Å². The zero-order chi connectivity index (χ0) is 28.4. The Morgan fingerprint density at radius 1 is 1.00 bits per heavy atom. The second kappa shape index (κ2) is 10.2. The van der Waals surface area contributed by atoms with E-state index in [-0.39, 0.29) is 11.4 Å². The molecule has 2 heterocycles. The molecule has 0 aliphatic rings. The first-order chi connectivity index (χ1) is 19.1. The van der Waals surface area contributed by atoms with E-state index in [9.17, 15) is 28.0 Å². The van der Waals surface area contributed by atoms with Gasteiger partial charge < -0.3 is 19.9 Å². The first-order valence-electron chi connectivity index (χ1n) is 11.5. The number of benzene rings is 3. The molecule has 3 N–H and O–H groups in total. The molecular weight excluding hydrogens is 529 g/mol. The van der Waals surface area contributed by atoms with Crippen LogP contribution >= 0.6 is 0 Å². The van der Waals surface area contributed by atoms with Crippen molar-refractivity contribution in [3.05, 3.63) is 83.6 Å². The fourth-order valence-electron chi connectivity index (χ4n) is 4.01. The number of fused-ring (bicyclic) bond motifs is 1. The minimum atomic E-state index is -4.83. The monoisotopic (exact) mass is 546 g/mol. The second-order valence-corrected chi connectivity index (χ2v) is 8.45. The number of nitriles is 1. The molecule has 11 nitrogen and oxygen atoms in total. The van der Waals surface area contributed by atoms with Gasteiger partial charge in [-0.3, -0.25) is 9.59 Å².